The SMILES string of the molecule is CCC(CC)C(=O)OC(C)OC(=O)OC1CCCCC1. The summed E-state index contributed by atoms with van der Waals surface area (Å²) in [5, 5.41) is 0. The molecule has 0 heterocycles. The van der Waals surface area contributed by atoms with E-state index >= 15 is 0 Å². The molecule has 5 heteroatoms. The van der Waals surface area contributed by atoms with Gasteiger partial charge < -0.3 is 14.2 Å². The highest BCUT2D eigenvalue weighted by molar-refractivity contribution is 5.72. The fourth-order valence-electron chi connectivity index (χ4n) is 2.39. The van der Waals surface area contributed by atoms with Crippen LogP contribution in [0.25, 0.3) is 0 Å². The van der Waals surface area contributed by atoms with E-state index in [0.717, 1.165) is 25.7 Å². The smallest absolute Gasteiger partial charge is 0.431 e. The van der Waals surface area contributed by atoms with E-state index in [1.807, 2.05) is 13.8 Å². The van der Waals surface area contributed by atoms with E-state index in [2.05, 4.69) is 0 Å². The van der Waals surface area contributed by atoms with Gasteiger partial charge in [-0.2, -0.15) is 0 Å². The lowest BCUT2D eigenvalue weighted by molar-refractivity contribution is -0.174. The molecule has 0 N–H and O–H groups in total. The molecule has 1 fully saturated rings. The fourth-order valence-corrected chi connectivity index (χ4v) is 2.39. The number of carbonyl (C=O) groups excluding carboxylic acids is 2. The van der Waals surface area contributed by atoms with Crippen LogP contribution in [0.1, 0.15) is 65.7 Å². The lowest BCUT2D eigenvalue weighted by Gasteiger charge is -2.23. The Balaban J connectivity index is 2.28. The number of hydrogen-bond donors (Lipinski definition) is 0. The summed E-state index contributed by atoms with van der Waals surface area (Å²) >= 11 is 0. The lowest BCUT2D eigenvalue weighted by atomic mass is 9.98. The Kier molecular flexibility index (Phi) is 7.41. The minimum absolute atomic E-state index is 0.0572. The van der Waals surface area contributed by atoms with Gasteiger partial charge in [0.2, 0.25) is 6.29 Å². The number of rotatable bonds is 6. The molecule has 0 aromatic heterocycles. The maximum absolute atomic E-state index is 11.7. The monoisotopic (exact) mass is 286 g/mol. The third kappa shape index (κ3) is 5.80. The molecule has 0 amide bonds. The van der Waals surface area contributed by atoms with Crippen LogP contribution in [-0.2, 0) is 19.0 Å². The number of esters is 1. The van der Waals surface area contributed by atoms with Crippen molar-refractivity contribution in [1.29, 1.82) is 0 Å². The minimum Gasteiger partial charge on any atom is -0.431 e. The van der Waals surface area contributed by atoms with Crippen LogP contribution in [0.15, 0.2) is 0 Å². The van der Waals surface area contributed by atoms with Gasteiger partial charge in [0.15, 0.2) is 0 Å². The van der Waals surface area contributed by atoms with Gasteiger partial charge in [0.25, 0.3) is 0 Å². The molecule has 0 aromatic rings. The summed E-state index contributed by atoms with van der Waals surface area (Å²) in [6.07, 6.45) is 4.85. The summed E-state index contributed by atoms with van der Waals surface area (Å²) in [6.45, 7) is 5.39. The van der Waals surface area contributed by atoms with E-state index in [0.29, 0.717) is 12.8 Å². The second-order valence-corrected chi connectivity index (χ2v) is 5.26. The molecule has 0 radical (unpaired) electrons. The molecule has 0 spiro atoms. The molecular formula is C15H26O5. The van der Waals surface area contributed by atoms with Crippen LogP contribution in [0, 0.1) is 5.92 Å². The van der Waals surface area contributed by atoms with Crippen LogP contribution in [0.3, 0.4) is 0 Å². The van der Waals surface area contributed by atoms with Crippen LogP contribution in [-0.4, -0.2) is 24.5 Å². The van der Waals surface area contributed by atoms with Crippen molar-refractivity contribution in [3.8, 4) is 0 Å². The van der Waals surface area contributed by atoms with E-state index in [9.17, 15) is 9.59 Å². The van der Waals surface area contributed by atoms with Crippen molar-refractivity contribution in [3.05, 3.63) is 0 Å². The molecule has 20 heavy (non-hydrogen) atoms. The molecule has 5 nitrogen and oxygen atoms in total. The largest absolute Gasteiger partial charge is 0.511 e. The zero-order chi connectivity index (χ0) is 15.0. The average molecular weight is 286 g/mol. The molecule has 0 aromatic carbocycles. The Morgan fingerprint density at radius 2 is 1.65 bits per heavy atom. The van der Waals surface area contributed by atoms with Crippen LogP contribution >= 0.6 is 0 Å². The first-order valence-corrected chi connectivity index (χ1v) is 7.64. The van der Waals surface area contributed by atoms with Gasteiger partial charge in [-0.1, -0.05) is 20.3 Å². The van der Waals surface area contributed by atoms with Crippen LogP contribution in [0.2, 0.25) is 0 Å². The fraction of sp³-hybridized carbons (Fsp3) is 0.867. The predicted octanol–water partition coefficient (Wildman–Crippen LogP) is 3.80. The van der Waals surface area contributed by atoms with Crippen molar-refractivity contribution in [1.82, 2.24) is 0 Å². The molecule has 1 unspecified atom stereocenters. The molecular weight excluding hydrogens is 260 g/mol. The Morgan fingerprint density at radius 3 is 2.20 bits per heavy atom. The molecule has 1 aliphatic rings. The molecule has 0 aliphatic heterocycles. The highest BCUT2D eigenvalue weighted by Crippen LogP contribution is 2.21. The Labute approximate surface area is 121 Å². The van der Waals surface area contributed by atoms with E-state index in [1.54, 1.807) is 0 Å². The summed E-state index contributed by atoms with van der Waals surface area (Å²) in [4.78, 5) is 23.3. The Hall–Kier alpha value is -1.26. The van der Waals surface area contributed by atoms with E-state index in [1.165, 1.54) is 13.3 Å². The maximum atomic E-state index is 11.7. The molecule has 1 aliphatic carbocycles. The second-order valence-electron chi connectivity index (χ2n) is 5.26. The Morgan fingerprint density at radius 1 is 1.05 bits per heavy atom. The summed E-state index contributed by atoms with van der Waals surface area (Å²) in [6, 6.07) is 0. The normalized spacial score (nSPS) is 17.6. The van der Waals surface area contributed by atoms with Gasteiger partial charge in [-0.25, -0.2) is 4.79 Å². The van der Waals surface area contributed by atoms with Crippen molar-refractivity contribution < 1.29 is 23.8 Å². The third-order valence-corrected chi connectivity index (χ3v) is 3.68. The van der Waals surface area contributed by atoms with Gasteiger partial charge in [-0.3, -0.25) is 4.79 Å². The minimum atomic E-state index is -0.904. The summed E-state index contributed by atoms with van der Waals surface area (Å²) < 4.78 is 15.3. The van der Waals surface area contributed by atoms with Gasteiger partial charge in [-0.15, -0.1) is 0 Å². The van der Waals surface area contributed by atoms with Crippen LogP contribution < -0.4 is 0 Å². The quantitative estimate of drug-likeness (QED) is 0.549. The summed E-state index contributed by atoms with van der Waals surface area (Å²) in [5.74, 6) is -0.469. The highest BCUT2D eigenvalue weighted by atomic mass is 16.8. The lowest BCUT2D eigenvalue weighted by Crippen LogP contribution is -2.28. The zero-order valence-corrected chi connectivity index (χ0v) is 12.7. The van der Waals surface area contributed by atoms with Crippen molar-refractivity contribution >= 4 is 12.1 Å². The first-order valence-electron chi connectivity index (χ1n) is 7.64. The van der Waals surface area contributed by atoms with Crippen LogP contribution in [0.4, 0.5) is 4.79 Å². The predicted molar refractivity (Wildman–Crippen MR) is 74.1 cm³/mol. The van der Waals surface area contributed by atoms with Gasteiger partial charge in [0, 0.05) is 6.92 Å². The van der Waals surface area contributed by atoms with Crippen molar-refractivity contribution in [2.75, 3.05) is 0 Å². The van der Waals surface area contributed by atoms with Gasteiger partial charge in [0.05, 0.1) is 5.92 Å². The highest BCUT2D eigenvalue weighted by Gasteiger charge is 2.23. The molecule has 1 rings (SSSR count). The zero-order valence-electron chi connectivity index (χ0n) is 12.7. The summed E-state index contributed by atoms with van der Waals surface area (Å²) in [5.41, 5.74) is 0. The van der Waals surface area contributed by atoms with Crippen molar-refractivity contribution in [2.24, 2.45) is 5.92 Å². The van der Waals surface area contributed by atoms with Crippen molar-refractivity contribution in [2.45, 2.75) is 78.1 Å². The number of ether oxygens (including phenoxy) is 3. The van der Waals surface area contributed by atoms with E-state index < -0.39 is 12.4 Å². The average Bonchev–Trinajstić information content (AvgIpc) is 2.40. The maximum Gasteiger partial charge on any atom is 0.511 e. The van der Waals surface area contributed by atoms with E-state index in [-0.39, 0.29) is 18.0 Å². The standard InChI is InChI=1S/C15H26O5/c1-4-12(5-2)14(16)18-11(3)19-15(17)20-13-9-7-6-8-10-13/h11-13H,4-10H2,1-3H3. The van der Waals surface area contributed by atoms with E-state index in [4.69, 9.17) is 14.2 Å². The second kappa shape index (κ2) is 8.82. The van der Waals surface area contributed by atoms with Crippen LogP contribution in [0.5, 0.6) is 0 Å². The molecule has 116 valence electrons. The Bertz CT molecular complexity index is 305. The first kappa shape index (κ1) is 16.8. The molecule has 1 atom stereocenters. The first-order chi connectivity index (χ1) is 9.56. The topological polar surface area (TPSA) is 61.8 Å². The van der Waals surface area contributed by atoms with Gasteiger partial charge >= 0.3 is 12.1 Å². The van der Waals surface area contributed by atoms with Gasteiger partial charge in [0.1, 0.15) is 6.10 Å². The molecule has 0 saturated heterocycles. The van der Waals surface area contributed by atoms with Gasteiger partial charge in [-0.05, 0) is 38.5 Å². The number of carbonyl (C=O) groups is 2. The molecule has 0 bridgehead atoms. The van der Waals surface area contributed by atoms with Crippen molar-refractivity contribution in [3.63, 3.8) is 0 Å². The summed E-state index contributed by atoms with van der Waals surface area (Å²) in [7, 11) is 0. The third-order valence-electron chi connectivity index (χ3n) is 3.68. The number of hydrogen-bond acceptors (Lipinski definition) is 5. The molecule has 1 saturated carbocycles.